The molecule has 0 unspecified atom stereocenters. The summed E-state index contributed by atoms with van der Waals surface area (Å²) in [4.78, 5) is 0. The molecule has 1 aromatic heterocycles. The van der Waals surface area contributed by atoms with Crippen molar-refractivity contribution in [1.82, 2.24) is 20.1 Å². The Kier molecular flexibility index (Phi) is 4.10. The van der Waals surface area contributed by atoms with Crippen molar-refractivity contribution in [2.45, 2.75) is 25.9 Å². The van der Waals surface area contributed by atoms with E-state index in [4.69, 9.17) is 21.1 Å². The highest BCUT2D eigenvalue weighted by Crippen LogP contribution is 2.38. The lowest BCUT2D eigenvalue weighted by atomic mass is 9.99. The van der Waals surface area contributed by atoms with Crippen molar-refractivity contribution in [1.29, 1.82) is 0 Å². The van der Waals surface area contributed by atoms with Crippen molar-refractivity contribution in [3.63, 3.8) is 0 Å². The molecule has 0 bridgehead atoms. The van der Waals surface area contributed by atoms with Gasteiger partial charge in [0.05, 0.1) is 5.02 Å². The molecule has 2 aliphatic rings. The number of hydrogen-bond acceptors (Lipinski definition) is 5. The lowest BCUT2D eigenvalue weighted by molar-refractivity contribution is 0.171. The highest BCUT2D eigenvalue weighted by atomic mass is 35.5. The van der Waals surface area contributed by atoms with Crippen LogP contribution < -0.4 is 14.8 Å². The predicted molar refractivity (Wildman–Crippen MR) is 86.0 cm³/mol. The molecule has 0 aliphatic carbocycles. The molecule has 0 radical (unpaired) electrons. The fraction of sp³-hybridized carbons (Fsp3) is 0.500. The van der Waals surface area contributed by atoms with Crippen LogP contribution in [-0.2, 0) is 19.5 Å². The molecule has 7 heteroatoms. The third-order valence-electron chi connectivity index (χ3n) is 4.35. The molecule has 2 aromatic rings. The molecule has 2 aliphatic heterocycles. The zero-order chi connectivity index (χ0) is 15.6. The number of aromatic nitrogens is 3. The van der Waals surface area contributed by atoms with E-state index < -0.39 is 0 Å². The number of rotatable bonds is 4. The second kappa shape index (κ2) is 6.37. The van der Waals surface area contributed by atoms with E-state index in [1.54, 1.807) is 0 Å². The minimum Gasteiger partial charge on any atom is -0.486 e. The summed E-state index contributed by atoms with van der Waals surface area (Å²) in [6, 6.07) is 3.95. The molecule has 0 fully saturated rings. The van der Waals surface area contributed by atoms with Gasteiger partial charge >= 0.3 is 0 Å². The van der Waals surface area contributed by atoms with Gasteiger partial charge in [0.1, 0.15) is 25.4 Å². The first-order chi connectivity index (χ1) is 11.3. The van der Waals surface area contributed by atoms with Crippen molar-refractivity contribution in [2.24, 2.45) is 5.92 Å². The quantitative estimate of drug-likeness (QED) is 0.927. The number of aryl methyl sites for hydroxylation is 1. The Balaban J connectivity index is 1.34. The molecular formula is C16H19ClN4O2. The third-order valence-corrected chi connectivity index (χ3v) is 4.63. The minimum absolute atomic E-state index is 0.553. The molecule has 1 N–H and O–H groups in total. The van der Waals surface area contributed by atoms with Crippen LogP contribution in [0.1, 0.15) is 17.8 Å². The van der Waals surface area contributed by atoms with Crippen LogP contribution in [0.2, 0.25) is 5.02 Å². The SMILES string of the molecule is Clc1cc(CNC[C@@H]2CCc3nncn3C2)cc2c1OCCO2. The van der Waals surface area contributed by atoms with Gasteiger partial charge < -0.3 is 19.4 Å². The molecule has 23 heavy (non-hydrogen) atoms. The van der Waals surface area contributed by atoms with Crippen molar-refractivity contribution in [3.05, 3.63) is 34.9 Å². The second-order valence-electron chi connectivity index (χ2n) is 6.04. The summed E-state index contributed by atoms with van der Waals surface area (Å²) in [5.74, 6) is 3.10. The largest absolute Gasteiger partial charge is 0.486 e. The zero-order valence-corrected chi connectivity index (χ0v) is 13.6. The van der Waals surface area contributed by atoms with E-state index in [-0.39, 0.29) is 0 Å². The van der Waals surface area contributed by atoms with Gasteiger partial charge in [-0.15, -0.1) is 10.2 Å². The summed E-state index contributed by atoms with van der Waals surface area (Å²) in [5, 5.41) is 12.2. The number of ether oxygens (including phenoxy) is 2. The number of hydrogen-bond donors (Lipinski definition) is 1. The fourth-order valence-corrected chi connectivity index (χ4v) is 3.47. The predicted octanol–water partition coefficient (Wildman–Crippen LogP) is 2.05. The van der Waals surface area contributed by atoms with E-state index in [2.05, 4.69) is 20.1 Å². The highest BCUT2D eigenvalue weighted by molar-refractivity contribution is 6.32. The summed E-state index contributed by atoms with van der Waals surface area (Å²) in [6.07, 6.45) is 3.97. The fourth-order valence-electron chi connectivity index (χ4n) is 3.18. The first kappa shape index (κ1) is 14.8. The van der Waals surface area contributed by atoms with E-state index in [1.807, 2.05) is 18.5 Å². The lowest BCUT2D eigenvalue weighted by Gasteiger charge is -2.23. The molecule has 6 nitrogen and oxygen atoms in total. The first-order valence-electron chi connectivity index (χ1n) is 7.95. The van der Waals surface area contributed by atoms with Gasteiger partial charge in [0.2, 0.25) is 0 Å². The van der Waals surface area contributed by atoms with Crippen LogP contribution in [0.5, 0.6) is 11.5 Å². The first-order valence-corrected chi connectivity index (χ1v) is 8.33. The molecule has 1 aromatic carbocycles. The molecule has 122 valence electrons. The molecule has 0 saturated heterocycles. The van der Waals surface area contributed by atoms with E-state index in [9.17, 15) is 0 Å². The summed E-state index contributed by atoms with van der Waals surface area (Å²) >= 11 is 6.27. The smallest absolute Gasteiger partial charge is 0.179 e. The zero-order valence-electron chi connectivity index (χ0n) is 12.8. The van der Waals surface area contributed by atoms with E-state index >= 15 is 0 Å². The number of benzene rings is 1. The van der Waals surface area contributed by atoms with Crippen LogP contribution in [-0.4, -0.2) is 34.5 Å². The van der Waals surface area contributed by atoms with E-state index in [0.717, 1.165) is 49.6 Å². The van der Waals surface area contributed by atoms with Crippen molar-refractivity contribution < 1.29 is 9.47 Å². The highest BCUT2D eigenvalue weighted by Gasteiger charge is 2.20. The topological polar surface area (TPSA) is 61.2 Å². The van der Waals surface area contributed by atoms with Gasteiger partial charge in [0.15, 0.2) is 11.5 Å². The average molecular weight is 335 g/mol. The average Bonchev–Trinajstić information content (AvgIpc) is 3.03. The van der Waals surface area contributed by atoms with Crippen molar-refractivity contribution >= 4 is 11.6 Å². The Labute approximate surface area is 139 Å². The number of halogens is 1. The number of fused-ring (bicyclic) bond motifs is 2. The van der Waals surface area contributed by atoms with Gasteiger partial charge in [-0.3, -0.25) is 0 Å². The van der Waals surface area contributed by atoms with Crippen LogP contribution in [0.4, 0.5) is 0 Å². The Bertz CT molecular complexity index is 703. The Hall–Kier alpha value is -1.79. The van der Waals surface area contributed by atoms with Gasteiger partial charge in [-0.2, -0.15) is 0 Å². The van der Waals surface area contributed by atoms with Crippen LogP contribution in [0.3, 0.4) is 0 Å². The van der Waals surface area contributed by atoms with Crippen LogP contribution in [0, 0.1) is 5.92 Å². The van der Waals surface area contributed by atoms with Gasteiger partial charge in [-0.1, -0.05) is 11.6 Å². The normalized spacial score (nSPS) is 19.4. The summed E-state index contributed by atoms with van der Waals surface area (Å²) < 4.78 is 13.3. The van der Waals surface area contributed by atoms with Crippen LogP contribution >= 0.6 is 11.6 Å². The number of nitrogens with one attached hydrogen (secondary N) is 1. The second-order valence-corrected chi connectivity index (χ2v) is 6.44. The maximum absolute atomic E-state index is 6.27. The maximum Gasteiger partial charge on any atom is 0.179 e. The van der Waals surface area contributed by atoms with Crippen molar-refractivity contribution in [3.8, 4) is 11.5 Å². The standard InChI is InChI=1S/C16H19ClN4O2/c17-13-5-12(6-14-16(13)23-4-3-22-14)8-18-7-11-1-2-15-20-19-10-21(15)9-11/h5-6,10-11,18H,1-4,7-9H2/t11-/m0/s1. The van der Waals surface area contributed by atoms with E-state index in [0.29, 0.717) is 29.9 Å². The molecule has 1 atom stereocenters. The van der Waals surface area contributed by atoms with Gasteiger partial charge in [0, 0.05) is 19.5 Å². The van der Waals surface area contributed by atoms with Gasteiger partial charge in [0.25, 0.3) is 0 Å². The van der Waals surface area contributed by atoms with Gasteiger partial charge in [-0.05, 0) is 36.6 Å². The third kappa shape index (κ3) is 3.14. The maximum atomic E-state index is 6.27. The molecule has 0 amide bonds. The van der Waals surface area contributed by atoms with E-state index in [1.165, 1.54) is 0 Å². The summed E-state index contributed by atoms with van der Waals surface area (Å²) in [5.41, 5.74) is 1.11. The lowest BCUT2D eigenvalue weighted by Crippen LogP contribution is -2.29. The molecule has 0 spiro atoms. The van der Waals surface area contributed by atoms with Crippen LogP contribution in [0.15, 0.2) is 18.5 Å². The van der Waals surface area contributed by atoms with Crippen LogP contribution in [0.25, 0.3) is 0 Å². The number of nitrogens with zero attached hydrogens (tertiary/aromatic N) is 3. The Morgan fingerprint density at radius 2 is 2.22 bits per heavy atom. The monoisotopic (exact) mass is 334 g/mol. The summed E-state index contributed by atoms with van der Waals surface area (Å²) in [6.45, 7) is 3.84. The minimum atomic E-state index is 0.553. The summed E-state index contributed by atoms with van der Waals surface area (Å²) in [7, 11) is 0. The van der Waals surface area contributed by atoms with Crippen molar-refractivity contribution in [2.75, 3.05) is 19.8 Å². The molecule has 0 saturated carbocycles. The molecule has 3 heterocycles. The Morgan fingerprint density at radius 3 is 3.17 bits per heavy atom. The Morgan fingerprint density at radius 1 is 1.30 bits per heavy atom. The molecule has 4 rings (SSSR count). The molecular weight excluding hydrogens is 316 g/mol. The van der Waals surface area contributed by atoms with Gasteiger partial charge in [-0.25, -0.2) is 0 Å².